The molecule has 3 heteroatoms. The van der Waals surface area contributed by atoms with E-state index in [1.165, 1.54) is 0 Å². The average molecular weight is 157 g/mol. The molecule has 0 bridgehead atoms. The van der Waals surface area contributed by atoms with Crippen LogP contribution in [0.5, 0.6) is 0 Å². The van der Waals surface area contributed by atoms with Gasteiger partial charge in [0.2, 0.25) is 0 Å². The van der Waals surface area contributed by atoms with Crippen LogP contribution in [0.4, 0.5) is 0 Å². The van der Waals surface area contributed by atoms with Gasteiger partial charge >= 0.3 is 0 Å². The van der Waals surface area contributed by atoms with Crippen molar-refractivity contribution in [1.82, 2.24) is 4.98 Å². The van der Waals surface area contributed by atoms with Gasteiger partial charge in [0.05, 0.1) is 23.7 Å². The largest absolute Gasteiger partial charge is 0.260 e. The van der Waals surface area contributed by atoms with Crippen LogP contribution in [-0.4, -0.2) is 4.98 Å². The number of hydrogen-bond acceptors (Lipinski definition) is 3. The first kappa shape index (κ1) is 8.23. The van der Waals surface area contributed by atoms with Crippen molar-refractivity contribution in [3.05, 3.63) is 29.1 Å². The van der Waals surface area contributed by atoms with E-state index in [0.717, 1.165) is 5.56 Å². The molecule has 0 N–H and O–H groups in total. The molecule has 0 unspecified atom stereocenters. The highest BCUT2D eigenvalue weighted by Crippen LogP contribution is 2.06. The molecule has 0 atom stereocenters. The predicted molar refractivity (Wildman–Crippen MR) is 43.0 cm³/mol. The summed E-state index contributed by atoms with van der Waals surface area (Å²) in [6.07, 6.45) is 1.93. The molecule has 0 saturated carbocycles. The second kappa shape index (κ2) is 3.50. The summed E-state index contributed by atoms with van der Waals surface area (Å²) in [6.45, 7) is 1.77. The summed E-state index contributed by atoms with van der Waals surface area (Å²) in [7, 11) is 0. The second-order valence-electron chi connectivity index (χ2n) is 2.42. The Bertz CT molecular complexity index is 368. The molecule has 1 aromatic rings. The minimum Gasteiger partial charge on any atom is -0.260 e. The van der Waals surface area contributed by atoms with Gasteiger partial charge in [0.15, 0.2) is 0 Å². The zero-order valence-electron chi connectivity index (χ0n) is 6.70. The second-order valence-corrected chi connectivity index (χ2v) is 2.42. The molecule has 1 rings (SSSR count). The summed E-state index contributed by atoms with van der Waals surface area (Å²) in [4.78, 5) is 3.99. The third kappa shape index (κ3) is 1.59. The van der Waals surface area contributed by atoms with Crippen LogP contribution in [0.15, 0.2) is 12.3 Å². The Hall–Kier alpha value is -1.87. The van der Waals surface area contributed by atoms with Crippen molar-refractivity contribution in [2.75, 3.05) is 0 Å². The molecule has 58 valence electrons. The van der Waals surface area contributed by atoms with Crippen molar-refractivity contribution in [1.29, 1.82) is 10.5 Å². The van der Waals surface area contributed by atoms with Crippen molar-refractivity contribution < 1.29 is 0 Å². The van der Waals surface area contributed by atoms with Crippen LogP contribution in [-0.2, 0) is 6.42 Å². The molecule has 0 radical (unpaired) electrons. The smallest absolute Gasteiger partial charge is 0.101 e. The summed E-state index contributed by atoms with van der Waals surface area (Å²) in [5, 5.41) is 17.0. The number of rotatable bonds is 1. The first-order valence-electron chi connectivity index (χ1n) is 3.50. The molecule has 0 aliphatic carbocycles. The maximum absolute atomic E-state index is 8.64. The number of nitrogens with zero attached hydrogens (tertiary/aromatic N) is 3. The van der Waals surface area contributed by atoms with Gasteiger partial charge < -0.3 is 0 Å². The van der Waals surface area contributed by atoms with E-state index < -0.39 is 0 Å². The summed E-state index contributed by atoms with van der Waals surface area (Å²) in [5.41, 5.74) is 2.04. The van der Waals surface area contributed by atoms with Crippen LogP contribution in [0, 0.1) is 29.6 Å². The van der Waals surface area contributed by atoms with E-state index in [2.05, 4.69) is 4.98 Å². The monoisotopic (exact) mass is 157 g/mol. The molecule has 1 heterocycles. The Morgan fingerprint density at radius 1 is 1.50 bits per heavy atom. The van der Waals surface area contributed by atoms with E-state index in [1.807, 2.05) is 12.1 Å². The maximum Gasteiger partial charge on any atom is 0.101 e. The van der Waals surface area contributed by atoms with Gasteiger partial charge in [0, 0.05) is 6.20 Å². The third-order valence-corrected chi connectivity index (χ3v) is 1.55. The Morgan fingerprint density at radius 3 is 2.83 bits per heavy atom. The van der Waals surface area contributed by atoms with E-state index in [9.17, 15) is 0 Å². The highest BCUT2D eigenvalue weighted by atomic mass is 14.7. The Labute approximate surface area is 70.9 Å². The fourth-order valence-electron chi connectivity index (χ4n) is 0.878. The minimum atomic E-state index is 0.307. The number of nitriles is 2. The van der Waals surface area contributed by atoms with Gasteiger partial charge in [-0.25, -0.2) is 0 Å². The van der Waals surface area contributed by atoms with Crippen LogP contribution < -0.4 is 0 Å². The topological polar surface area (TPSA) is 60.5 Å². The van der Waals surface area contributed by atoms with Crippen molar-refractivity contribution in [2.45, 2.75) is 13.3 Å². The van der Waals surface area contributed by atoms with Crippen molar-refractivity contribution in [3.63, 3.8) is 0 Å². The first-order valence-corrected chi connectivity index (χ1v) is 3.50. The molecule has 0 aliphatic rings. The summed E-state index contributed by atoms with van der Waals surface area (Å²) < 4.78 is 0. The van der Waals surface area contributed by atoms with E-state index in [1.54, 1.807) is 19.2 Å². The number of pyridine rings is 1. The molecule has 0 aromatic carbocycles. The standard InChI is InChI=1S/C9H7N3/c1-7-9(5-11)4-8(2-3-10)6-12-7/h4,6H,2H2,1H3. The Kier molecular flexibility index (Phi) is 2.40. The lowest BCUT2D eigenvalue weighted by atomic mass is 10.1. The first-order chi connectivity index (χ1) is 5.77. The van der Waals surface area contributed by atoms with Gasteiger partial charge in [-0.05, 0) is 18.6 Å². The molecule has 0 fully saturated rings. The average Bonchev–Trinajstić information content (AvgIpc) is 2.09. The molecule has 12 heavy (non-hydrogen) atoms. The minimum absolute atomic E-state index is 0.307. The van der Waals surface area contributed by atoms with Crippen LogP contribution in [0.2, 0.25) is 0 Å². The van der Waals surface area contributed by atoms with Gasteiger partial charge in [-0.2, -0.15) is 10.5 Å². The fraction of sp³-hybridized carbons (Fsp3) is 0.222. The van der Waals surface area contributed by atoms with Crippen molar-refractivity contribution in [3.8, 4) is 12.1 Å². The van der Waals surface area contributed by atoms with E-state index in [0.29, 0.717) is 17.7 Å². The number of hydrogen-bond donors (Lipinski definition) is 0. The Balaban J connectivity index is 3.09. The zero-order valence-corrected chi connectivity index (χ0v) is 6.70. The summed E-state index contributed by atoms with van der Waals surface area (Å²) in [5.74, 6) is 0. The van der Waals surface area contributed by atoms with Gasteiger partial charge in [0.25, 0.3) is 0 Å². The molecule has 0 amide bonds. The quantitative estimate of drug-likeness (QED) is 0.617. The third-order valence-electron chi connectivity index (χ3n) is 1.55. The van der Waals surface area contributed by atoms with Crippen LogP contribution in [0.25, 0.3) is 0 Å². The molecule has 1 aromatic heterocycles. The normalized spacial score (nSPS) is 8.58. The highest BCUT2D eigenvalue weighted by Gasteiger charge is 1.99. The van der Waals surface area contributed by atoms with Gasteiger partial charge in [0.1, 0.15) is 6.07 Å². The van der Waals surface area contributed by atoms with E-state index in [4.69, 9.17) is 10.5 Å². The molecule has 0 spiro atoms. The van der Waals surface area contributed by atoms with Gasteiger partial charge in [-0.15, -0.1) is 0 Å². The summed E-state index contributed by atoms with van der Waals surface area (Å²) >= 11 is 0. The molecule has 3 nitrogen and oxygen atoms in total. The SMILES string of the molecule is Cc1ncc(CC#N)cc1C#N. The van der Waals surface area contributed by atoms with Crippen LogP contribution in [0.1, 0.15) is 16.8 Å². The Morgan fingerprint density at radius 2 is 2.25 bits per heavy atom. The fourth-order valence-corrected chi connectivity index (χ4v) is 0.878. The lowest BCUT2D eigenvalue weighted by Crippen LogP contribution is -1.91. The lowest BCUT2D eigenvalue weighted by Gasteiger charge is -1.97. The number of aryl methyl sites for hydroxylation is 1. The van der Waals surface area contributed by atoms with E-state index in [-0.39, 0.29) is 0 Å². The van der Waals surface area contributed by atoms with Gasteiger partial charge in [-0.1, -0.05) is 0 Å². The lowest BCUT2D eigenvalue weighted by molar-refractivity contribution is 1.12. The summed E-state index contributed by atoms with van der Waals surface area (Å²) in [6, 6.07) is 5.73. The van der Waals surface area contributed by atoms with Crippen LogP contribution in [0.3, 0.4) is 0 Å². The van der Waals surface area contributed by atoms with Gasteiger partial charge in [-0.3, -0.25) is 4.98 Å². The molecule has 0 aliphatic heterocycles. The van der Waals surface area contributed by atoms with Crippen molar-refractivity contribution in [2.24, 2.45) is 0 Å². The van der Waals surface area contributed by atoms with Crippen LogP contribution >= 0.6 is 0 Å². The predicted octanol–water partition coefficient (Wildman–Crippen LogP) is 1.33. The maximum atomic E-state index is 8.64. The highest BCUT2D eigenvalue weighted by molar-refractivity contribution is 5.35. The van der Waals surface area contributed by atoms with Crippen molar-refractivity contribution >= 4 is 0 Å². The molecular formula is C9H7N3. The molecule has 0 saturated heterocycles. The molecular weight excluding hydrogens is 150 g/mol. The number of aromatic nitrogens is 1. The van der Waals surface area contributed by atoms with E-state index >= 15 is 0 Å². The zero-order chi connectivity index (χ0) is 8.97.